The highest BCUT2D eigenvalue weighted by Gasteiger charge is 2.34. The molecule has 0 unspecified atom stereocenters. The van der Waals surface area contributed by atoms with Gasteiger partial charge in [-0.1, -0.05) is 30.3 Å². The van der Waals surface area contributed by atoms with Crippen molar-refractivity contribution in [3.8, 4) is 11.4 Å². The number of nitrogens with zero attached hydrogens (tertiary/aromatic N) is 3. The Morgan fingerprint density at radius 2 is 1.71 bits per heavy atom. The summed E-state index contributed by atoms with van der Waals surface area (Å²) in [5.74, 6) is -1.46. The Hall–Kier alpha value is -3.94. The van der Waals surface area contributed by atoms with Crippen LogP contribution in [0.5, 0.6) is 5.75 Å². The van der Waals surface area contributed by atoms with E-state index < -0.39 is 18.4 Å². The number of aryl methyl sites for hydroxylation is 1. The lowest BCUT2D eigenvalue weighted by Crippen LogP contribution is -2.36. The summed E-state index contributed by atoms with van der Waals surface area (Å²) < 4.78 is 11.9. The molecule has 0 aliphatic heterocycles. The fourth-order valence-electron chi connectivity index (χ4n) is 3.90. The van der Waals surface area contributed by atoms with Crippen LogP contribution in [0.4, 0.5) is 0 Å². The van der Waals surface area contributed by atoms with E-state index in [-0.39, 0.29) is 17.5 Å². The van der Waals surface area contributed by atoms with Crippen LogP contribution < -0.4 is 4.74 Å². The van der Waals surface area contributed by atoms with Crippen molar-refractivity contribution >= 4 is 17.7 Å². The molecule has 8 nitrogen and oxygen atoms in total. The molecule has 176 valence electrons. The van der Waals surface area contributed by atoms with Crippen molar-refractivity contribution in [2.75, 3.05) is 13.7 Å². The van der Waals surface area contributed by atoms with E-state index in [1.807, 2.05) is 54.6 Å². The van der Waals surface area contributed by atoms with E-state index in [1.54, 1.807) is 30.5 Å². The van der Waals surface area contributed by atoms with Gasteiger partial charge in [-0.3, -0.25) is 9.59 Å². The molecule has 1 fully saturated rings. The van der Waals surface area contributed by atoms with Gasteiger partial charge in [-0.05, 0) is 56.5 Å². The van der Waals surface area contributed by atoms with Crippen LogP contribution in [-0.4, -0.2) is 52.1 Å². The largest absolute Gasteiger partial charge is 0.497 e. The molecule has 0 N–H and O–H groups in total. The van der Waals surface area contributed by atoms with Crippen molar-refractivity contribution in [1.82, 2.24) is 14.7 Å². The van der Waals surface area contributed by atoms with Gasteiger partial charge in [0.15, 0.2) is 6.61 Å². The zero-order chi connectivity index (χ0) is 24.2. The van der Waals surface area contributed by atoms with Crippen molar-refractivity contribution in [3.63, 3.8) is 0 Å². The number of benzene rings is 2. The first-order valence-electron chi connectivity index (χ1n) is 11.1. The molecule has 8 heteroatoms. The predicted molar refractivity (Wildman–Crippen MR) is 125 cm³/mol. The molecule has 4 rings (SSSR count). The molecule has 1 saturated carbocycles. The Bertz CT molecular complexity index is 1200. The topological polar surface area (TPSA) is 90.7 Å². The third-order valence-electron chi connectivity index (χ3n) is 5.85. The second-order valence-corrected chi connectivity index (χ2v) is 8.30. The maximum Gasteiger partial charge on any atom is 0.380 e. The molecule has 1 amide bonds. The summed E-state index contributed by atoms with van der Waals surface area (Å²) in [4.78, 5) is 39.9. The van der Waals surface area contributed by atoms with Crippen LogP contribution >= 0.6 is 0 Å². The van der Waals surface area contributed by atoms with Gasteiger partial charge in [-0.15, -0.1) is 0 Å². The maximum atomic E-state index is 12.8. The Morgan fingerprint density at radius 3 is 2.32 bits per heavy atom. The van der Waals surface area contributed by atoms with Crippen molar-refractivity contribution in [3.05, 3.63) is 77.1 Å². The molecule has 2 aromatic carbocycles. The number of Topliss-reactive ketones (excluding diaryl/α,β-unsaturated/α-hetero) is 1. The molecule has 0 atom stereocenters. The van der Waals surface area contributed by atoms with E-state index >= 15 is 0 Å². The monoisotopic (exact) mass is 461 g/mol. The number of amides is 1. The number of methoxy groups -OCH3 is 1. The van der Waals surface area contributed by atoms with Crippen LogP contribution in [0, 0.1) is 13.8 Å². The number of esters is 1. The first kappa shape index (κ1) is 23.2. The molecule has 1 aliphatic rings. The predicted octanol–water partition coefficient (Wildman–Crippen LogP) is 3.41. The first-order chi connectivity index (χ1) is 16.4. The van der Waals surface area contributed by atoms with Gasteiger partial charge in [0.05, 0.1) is 29.7 Å². The van der Waals surface area contributed by atoms with Crippen LogP contribution in [0.15, 0.2) is 54.6 Å². The lowest BCUT2D eigenvalue weighted by atomic mass is 10.1. The van der Waals surface area contributed by atoms with Gasteiger partial charge in [0.2, 0.25) is 0 Å². The highest BCUT2D eigenvalue weighted by atomic mass is 16.5. The highest BCUT2D eigenvalue weighted by molar-refractivity contribution is 6.41. The van der Waals surface area contributed by atoms with Gasteiger partial charge in [0.25, 0.3) is 11.7 Å². The van der Waals surface area contributed by atoms with Crippen LogP contribution in [0.25, 0.3) is 5.69 Å². The van der Waals surface area contributed by atoms with Crippen molar-refractivity contribution in [2.24, 2.45) is 0 Å². The van der Waals surface area contributed by atoms with E-state index in [2.05, 4.69) is 5.10 Å². The molecular formula is C26H27N3O5. The minimum absolute atomic E-state index is 0.123. The Kier molecular flexibility index (Phi) is 6.77. The fraction of sp³-hybridized carbons (Fsp3) is 0.308. The van der Waals surface area contributed by atoms with E-state index in [1.165, 1.54) is 0 Å². The van der Waals surface area contributed by atoms with E-state index in [0.29, 0.717) is 17.9 Å². The zero-order valence-corrected chi connectivity index (χ0v) is 19.5. The average Bonchev–Trinajstić information content (AvgIpc) is 3.65. The van der Waals surface area contributed by atoms with Gasteiger partial charge in [0.1, 0.15) is 5.75 Å². The molecule has 1 aliphatic carbocycles. The average molecular weight is 462 g/mol. The van der Waals surface area contributed by atoms with Gasteiger partial charge in [-0.25, -0.2) is 9.48 Å². The molecule has 34 heavy (non-hydrogen) atoms. The highest BCUT2D eigenvalue weighted by Crippen LogP contribution is 2.29. The Balaban J connectivity index is 1.41. The summed E-state index contributed by atoms with van der Waals surface area (Å²) in [7, 11) is 1.60. The lowest BCUT2D eigenvalue weighted by molar-refractivity contribution is -0.148. The Morgan fingerprint density at radius 1 is 1.03 bits per heavy atom. The van der Waals surface area contributed by atoms with Crippen molar-refractivity contribution in [1.29, 1.82) is 0 Å². The summed E-state index contributed by atoms with van der Waals surface area (Å²) in [6, 6.07) is 16.9. The van der Waals surface area contributed by atoms with E-state index in [4.69, 9.17) is 9.47 Å². The summed E-state index contributed by atoms with van der Waals surface area (Å²) in [6.45, 7) is 3.31. The smallest absolute Gasteiger partial charge is 0.380 e. The van der Waals surface area contributed by atoms with Crippen LogP contribution in [-0.2, 0) is 20.9 Å². The third kappa shape index (κ3) is 5.01. The number of hydrogen-bond donors (Lipinski definition) is 0. The molecule has 3 aromatic rings. The number of hydrogen-bond acceptors (Lipinski definition) is 6. The fourth-order valence-corrected chi connectivity index (χ4v) is 3.90. The van der Waals surface area contributed by atoms with Gasteiger partial charge < -0.3 is 14.4 Å². The van der Waals surface area contributed by atoms with Crippen molar-refractivity contribution in [2.45, 2.75) is 39.3 Å². The van der Waals surface area contributed by atoms with Gasteiger partial charge >= 0.3 is 5.97 Å². The van der Waals surface area contributed by atoms with Crippen LogP contribution in [0.3, 0.4) is 0 Å². The Labute approximate surface area is 198 Å². The molecule has 0 spiro atoms. The van der Waals surface area contributed by atoms with Crippen LogP contribution in [0.1, 0.15) is 40.2 Å². The normalized spacial score (nSPS) is 12.8. The van der Waals surface area contributed by atoms with Gasteiger partial charge in [0, 0.05) is 12.6 Å². The minimum atomic E-state index is -1.06. The quantitative estimate of drug-likeness (QED) is 0.276. The van der Waals surface area contributed by atoms with Crippen molar-refractivity contribution < 1.29 is 23.9 Å². The standard InChI is InChI=1S/C26H27N3O5/c1-17-24(18(2)29(27-17)21-7-5-4-6-8-21)25(31)26(32)34-16-23(30)28(20-11-12-20)15-19-9-13-22(33-3)14-10-19/h4-10,13-14,20H,11-12,15-16H2,1-3H3. The molecule has 0 saturated heterocycles. The lowest BCUT2D eigenvalue weighted by Gasteiger charge is -2.22. The number of para-hydroxylation sites is 1. The third-order valence-corrected chi connectivity index (χ3v) is 5.85. The SMILES string of the molecule is COc1ccc(CN(C(=O)COC(=O)C(=O)c2c(C)nn(-c3ccccc3)c2C)C2CC2)cc1. The molecule has 1 aromatic heterocycles. The molecule has 1 heterocycles. The second kappa shape index (κ2) is 9.91. The summed E-state index contributed by atoms with van der Waals surface area (Å²) in [5.41, 5.74) is 2.88. The molecule has 0 bridgehead atoms. The summed E-state index contributed by atoms with van der Waals surface area (Å²) >= 11 is 0. The number of ketones is 1. The number of ether oxygens (including phenoxy) is 2. The summed E-state index contributed by atoms with van der Waals surface area (Å²) in [5, 5.41) is 4.40. The van der Waals surface area contributed by atoms with E-state index in [0.717, 1.165) is 29.8 Å². The summed E-state index contributed by atoms with van der Waals surface area (Å²) in [6.07, 6.45) is 1.82. The van der Waals surface area contributed by atoms with Gasteiger partial charge in [-0.2, -0.15) is 5.10 Å². The number of aromatic nitrogens is 2. The minimum Gasteiger partial charge on any atom is -0.497 e. The maximum absolute atomic E-state index is 12.8. The second-order valence-electron chi connectivity index (χ2n) is 8.30. The zero-order valence-electron chi connectivity index (χ0n) is 19.5. The first-order valence-corrected chi connectivity index (χ1v) is 11.1. The number of carbonyl (C=O) groups excluding carboxylic acids is 3. The number of rotatable bonds is 9. The molecule has 0 radical (unpaired) electrons. The van der Waals surface area contributed by atoms with E-state index in [9.17, 15) is 14.4 Å². The molecular weight excluding hydrogens is 434 g/mol. The number of carbonyl (C=O) groups is 3. The van der Waals surface area contributed by atoms with Crippen LogP contribution in [0.2, 0.25) is 0 Å².